The standard InChI is InChI=1S/C30H37N3OSi/c1-8-21-18-23-24(19-26(21)33-14-12-32(4)13-15-33)30(2,3)29-27(28(23)34)22-10-9-20(17-25(22)31-29)11-16-35(5,6)7/h9-10,17-19,31H,8,12-15H2,1-7H3. The summed E-state index contributed by atoms with van der Waals surface area (Å²) in [5.41, 5.74) is 11.6. The van der Waals surface area contributed by atoms with E-state index in [1.807, 2.05) is 0 Å². The van der Waals surface area contributed by atoms with Gasteiger partial charge in [0.15, 0.2) is 5.78 Å². The smallest absolute Gasteiger partial charge is 0.195 e. The van der Waals surface area contributed by atoms with Crippen LogP contribution in [0.4, 0.5) is 5.69 Å². The number of carbonyl (C=O) groups excluding carboxylic acids is 1. The lowest BCUT2D eigenvalue weighted by Gasteiger charge is -2.38. The summed E-state index contributed by atoms with van der Waals surface area (Å²) in [6.45, 7) is 17.6. The average Bonchev–Trinajstić information content (AvgIpc) is 3.21. The number of hydrogen-bond donors (Lipinski definition) is 1. The Morgan fingerprint density at radius 3 is 2.43 bits per heavy atom. The van der Waals surface area contributed by atoms with Crippen LogP contribution in [0.3, 0.4) is 0 Å². The van der Waals surface area contributed by atoms with Crippen molar-refractivity contribution >= 4 is 30.4 Å². The molecular weight excluding hydrogens is 446 g/mol. The minimum absolute atomic E-state index is 0.140. The van der Waals surface area contributed by atoms with Crippen molar-refractivity contribution in [1.82, 2.24) is 9.88 Å². The second kappa shape index (κ2) is 8.39. The molecule has 1 aromatic heterocycles. The van der Waals surface area contributed by atoms with Gasteiger partial charge in [-0.15, -0.1) is 5.54 Å². The number of aryl methyl sites for hydroxylation is 1. The molecule has 5 heteroatoms. The number of piperazine rings is 1. The zero-order chi connectivity index (χ0) is 25.1. The highest BCUT2D eigenvalue weighted by atomic mass is 28.3. The molecule has 1 saturated heterocycles. The molecule has 0 atom stereocenters. The average molecular weight is 484 g/mol. The summed E-state index contributed by atoms with van der Waals surface area (Å²) >= 11 is 0. The van der Waals surface area contributed by atoms with Gasteiger partial charge in [0.1, 0.15) is 8.07 Å². The van der Waals surface area contributed by atoms with E-state index in [-0.39, 0.29) is 11.2 Å². The zero-order valence-electron chi connectivity index (χ0n) is 22.2. The number of H-pyrrole nitrogens is 1. The van der Waals surface area contributed by atoms with Crippen LogP contribution < -0.4 is 4.90 Å². The second-order valence-electron chi connectivity index (χ2n) is 11.8. The lowest BCUT2D eigenvalue weighted by atomic mass is 9.70. The first kappa shape index (κ1) is 23.9. The number of benzene rings is 2. The van der Waals surface area contributed by atoms with Crippen molar-refractivity contribution in [1.29, 1.82) is 0 Å². The highest BCUT2D eigenvalue weighted by Gasteiger charge is 2.40. The van der Waals surface area contributed by atoms with Gasteiger partial charge in [-0.1, -0.05) is 52.4 Å². The topological polar surface area (TPSA) is 39.3 Å². The van der Waals surface area contributed by atoms with Crippen molar-refractivity contribution in [2.24, 2.45) is 0 Å². The highest BCUT2D eigenvalue weighted by molar-refractivity contribution is 6.83. The minimum atomic E-state index is -1.46. The molecule has 1 fully saturated rings. The molecule has 182 valence electrons. The third kappa shape index (κ3) is 4.13. The molecule has 0 amide bonds. The Morgan fingerprint density at radius 1 is 1.06 bits per heavy atom. The van der Waals surface area contributed by atoms with Gasteiger partial charge in [-0.3, -0.25) is 4.79 Å². The fraction of sp³-hybridized carbons (Fsp3) is 0.433. The van der Waals surface area contributed by atoms with E-state index in [1.54, 1.807) is 0 Å². The van der Waals surface area contributed by atoms with Crippen LogP contribution in [-0.4, -0.2) is 57.0 Å². The lowest BCUT2D eigenvalue weighted by molar-refractivity contribution is 0.103. The van der Waals surface area contributed by atoms with Crippen LogP contribution in [0.2, 0.25) is 19.6 Å². The van der Waals surface area contributed by atoms with Gasteiger partial charge in [0, 0.05) is 65.0 Å². The molecule has 3 aromatic rings. The quantitative estimate of drug-likeness (QED) is 0.382. The van der Waals surface area contributed by atoms with Crippen molar-refractivity contribution in [3.63, 3.8) is 0 Å². The summed E-state index contributed by atoms with van der Waals surface area (Å²) < 4.78 is 0. The summed E-state index contributed by atoms with van der Waals surface area (Å²) in [6, 6.07) is 10.8. The summed E-state index contributed by atoms with van der Waals surface area (Å²) in [5, 5.41) is 1.00. The number of carbonyl (C=O) groups is 1. The summed E-state index contributed by atoms with van der Waals surface area (Å²) in [4.78, 5) is 22.5. The SMILES string of the molecule is CCc1cc2c(cc1N1CCN(C)CC1)C(C)(C)c1[nH]c3cc(C#C[Si](C)(C)C)ccc3c1C2=O. The molecule has 1 N–H and O–H groups in total. The van der Waals surface area contributed by atoms with Crippen LogP contribution in [0.15, 0.2) is 30.3 Å². The monoisotopic (exact) mass is 483 g/mol. The third-order valence-electron chi connectivity index (χ3n) is 7.59. The number of nitrogens with one attached hydrogen (secondary N) is 1. The minimum Gasteiger partial charge on any atom is -0.369 e. The third-order valence-corrected chi connectivity index (χ3v) is 8.47. The number of fused-ring (bicyclic) bond motifs is 4. The Balaban J connectivity index is 1.64. The van der Waals surface area contributed by atoms with E-state index in [9.17, 15) is 4.79 Å². The van der Waals surface area contributed by atoms with Crippen LogP contribution in [-0.2, 0) is 11.8 Å². The number of hydrogen-bond acceptors (Lipinski definition) is 3. The van der Waals surface area contributed by atoms with E-state index < -0.39 is 8.07 Å². The predicted octanol–water partition coefficient (Wildman–Crippen LogP) is 5.58. The molecule has 2 heterocycles. The first-order chi connectivity index (χ1) is 16.5. The van der Waals surface area contributed by atoms with E-state index in [1.165, 1.54) is 11.3 Å². The zero-order valence-corrected chi connectivity index (χ0v) is 23.2. The Labute approximate surface area is 210 Å². The molecule has 1 aliphatic heterocycles. The van der Waals surface area contributed by atoms with Gasteiger partial charge in [0.2, 0.25) is 0 Å². The van der Waals surface area contributed by atoms with Gasteiger partial charge in [-0.05, 0) is 48.9 Å². The first-order valence-corrected chi connectivity index (χ1v) is 16.3. The number of aromatic amines is 1. The summed E-state index contributed by atoms with van der Waals surface area (Å²) in [7, 11) is 0.728. The van der Waals surface area contributed by atoms with Crippen LogP contribution in [0.5, 0.6) is 0 Å². The fourth-order valence-corrected chi connectivity index (χ4v) is 5.99. The molecule has 0 bridgehead atoms. The Bertz CT molecular complexity index is 1390. The van der Waals surface area contributed by atoms with Crippen molar-refractivity contribution in [3.05, 3.63) is 63.8 Å². The molecule has 5 rings (SSSR count). The Hall–Kier alpha value is -2.81. The van der Waals surface area contributed by atoms with Crippen LogP contribution in [0, 0.1) is 11.5 Å². The number of aromatic nitrogens is 1. The molecule has 0 spiro atoms. The molecule has 1 aliphatic carbocycles. The number of rotatable bonds is 2. The maximum atomic E-state index is 13.9. The molecule has 2 aliphatic rings. The molecule has 2 aromatic carbocycles. The largest absolute Gasteiger partial charge is 0.369 e. The van der Waals surface area contributed by atoms with E-state index in [2.05, 4.69) is 104 Å². The molecule has 0 unspecified atom stereocenters. The molecule has 4 nitrogen and oxygen atoms in total. The normalized spacial score (nSPS) is 17.7. The second-order valence-corrected chi connectivity index (χ2v) is 16.5. The summed E-state index contributed by atoms with van der Waals surface area (Å²) in [5.74, 6) is 3.51. The van der Waals surface area contributed by atoms with Gasteiger partial charge < -0.3 is 14.8 Å². The van der Waals surface area contributed by atoms with Crippen molar-refractivity contribution < 1.29 is 4.79 Å². The van der Waals surface area contributed by atoms with Crippen molar-refractivity contribution in [3.8, 4) is 11.5 Å². The van der Waals surface area contributed by atoms with Gasteiger partial charge >= 0.3 is 0 Å². The predicted molar refractivity (Wildman–Crippen MR) is 150 cm³/mol. The molecule has 35 heavy (non-hydrogen) atoms. The van der Waals surface area contributed by atoms with Gasteiger partial charge in [-0.25, -0.2) is 0 Å². The van der Waals surface area contributed by atoms with E-state index >= 15 is 0 Å². The molecule has 0 saturated carbocycles. The van der Waals surface area contributed by atoms with E-state index in [0.717, 1.165) is 71.5 Å². The fourth-order valence-electron chi connectivity index (χ4n) is 5.47. The Kier molecular flexibility index (Phi) is 5.73. The number of ketones is 1. The van der Waals surface area contributed by atoms with Crippen molar-refractivity contribution in [2.75, 3.05) is 38.1 Å². The number of nitrogens with zero attached hydrogens (tertiary/aromatic N) is 2. The molecule has 0 radical (unpaired) electrons. The number of anilines is 1. The lowest BCUT2D eigenvalue weighted by Crippen LogP contribution is -2.45. The van der Waals surface area contributed by atoms with Gasteiger partial charge in [0.25, 0.3) is 0 Å². The summed E-state index contributed by atoms with van der Waals surface area (Å²) in [6.07, 6.45) is 0.919. The maximum Gasteiger partial charge on any atom is 0.195 e. The first-order valence-electron chi connectivity index (χ1n) is 12.8. The van der Waals surface area contributed by atoms with Crippen LogP contribution in [0.25, 0.3) is 10.9 Å². The van der Waals surface area contributed by atoms with Crippen LogP contribution >= 0.6 is 0 Å². The van der Waals surface area contributed by atoms with E-state index in [4.69, 9.17) is 0 Å². The maximum absolute atomic E-state index is 13.9. The Morgan fingerprint density at radius 2 is 1.77 bits per heavy atom. The van der Waals surface area contributed by atoms with E-state index in [0.29, 0.717) is 0 Å². The molecular formula is C30H37N3OSi. The van der Waals surface area contributed by atoms with Gasteiger partial charge in [0.05, 0.1) is 5.56 Å². The highest BCUT2D eigenvalue weighted by Crippen LogP contribution is 2.45. The van der Waals surface area contributed by atoms with Crippen LogP contribution in [0.1, 0.15) is 59.1 Å². The van der Waals surface area contributed by atoms with Gasteiger partial charge in [-0.2, -0.15) is 0 Å². The van der Waals surface area contributed by atoms with Crippen molar-refractivity contribution in [2.45, 2.75) is 52.2 Å². The number of likely N-dealkylation sites (N-methyl/N-ethyl adjacent to an activating group) is 1.